The Balaban J connectivity index is 1.97. The van der Waals surface area contributed by atoms with Gasteiger partial charge in [0.2, 0.25) is 0 Å². The highest BCUT2D eigenvalue weighted by Crippen LogP contribution is 2.38. The van der Waals surface area contributed by atoms with Crippen LogP contribution < -0.4 is 0 Å². The Morgan fingerprint density at radius 1 is 1.26 bits per heavy atom. The first-order valence-electron chi connectivity index (χ1n) is 7.51. The van der Waals surface area contributed by atoms with Crippen LogP contribution in [0.5, 0.6) is 0 Å². The van der Waals surface area contributed by atoms with Gasteiger partial charge in [0.25, 0.3) is 0 Å². The Morgan fingerprint density at radius 2 is 2.05 bits per heavy atom. The Hall–Kier alpha value is -0.540. The summed E-state index contributed by atoms with van der Waals surface area (Å²) in [5.41, 5.74) is 1.61. The van der Waals surface area contributed by atoms with Gasteiger partial charge in [0.1, 0.15) is 0 Å². The lowest BCUT2D eigenvalue weighted by Crippen LogP contribution is -2.40. The third-order valence-electron chi connectivity index (χ3n) is 4.37. The molecule has 1 saturated carbocycles. The van der Waals surface area contributed by atoms with Crippen molar-refractivity contribution in [2.24, 2.45) is 5.41 Å². The number of hydrogen-bond donors (Lipinski definition) is 1. The molecule has 0 atom stereocenters. The van der Waals surface area contributed by atoms with E-state index in [0.717, 1.165) is 18.8 Å². The molecule has 2 nitrogen and oxygen atoms in total. The lowest BCUT2D eigenvalue weighted by Gasteiger charge is -2.40. The molecule has 0 amide bonds. The van der Waals surface area contributed by atoms with Crippen molar-refractivity contribution in [3.8, 4) is 0 Å². The minimum atomic E-state index is 0.437. The van der Waals surface area contributed by atoms with Crippen LogP contribution in [0.15, 0.2) is 24.4 Å². The van der Waals surface area contributed by atoms with E-state index >= 15 is 0 Å². The highest BCUT2D eigenvalue weighted by atomic mass is 32.1. The van der Waals surface area contributed by atoms with Crippen molar-refractivity contribution < 1.29 is 0 Å². The molecule has 1 fully saturated rings. The highest BCUT2D eigenvalue weighted by molar-refractivity contribution is 7.80. The van der Waals surface area contributed by atoms with E-state index in [9.17, 15) is 0 Å². The summed E-state index contributed by atoms with van der Waals surface area (Å²) in [6.45, 7) is 5.47. The Bertz CT molecular complexity index is 360. The van der Waals surface area contributed by atoms with Crippen molar-refractivity contribution in [3.63, 3.8) is 0 Å². The van der Waals surface area contributed by atoms with E-state index in [1.807, 2.05) is 12.3 Å². The predicted molar refractivity (Wildman–Crippen MR) is 84.6 cm³/mol. The van der Waals surface area contributed by atoms with E-state index in [1.165, 1.54) is 44.3 Å². The summed E-state index contributed by atoms with van der Waals surface area (Å²) in [6.07, 6.45) is 8.73. The fourth-order valence-electron chi connectivity index (χ4n) is 3.14. The standard InChI is InChI=1S/C16H26N2S/c1-2-18(12-15-8-4-7-11-17-15)13-16(14-19)9-5-3-6-10-16/h4,7-8,11,19H,2-3,5-6,9-10,12-14H2,1H3. The second-order valence-corrected chi connectivity index (χ2v) is 6.16. The molecule has 0 saturated heterocycles. The number of thiol groups is 1. The smallest absolute Gasteiger partial charge is 0.0543 e. The van der Waals surface area contributed by atoms with Crippen LogP contribution in [0.25, 0.3) is 0 Å². The molecule has 0 spiro atoms. The molecule has 1 aromatic heterocycles. The molecule has 0 radical (unpaired) electrons. The van der Waals surface area contributed by atoms with Crippen LogP contribution >= 0.6 is 12.6 Å². The van der Waals surface area contributed by atoms with Crippen LogP contribution in [-0.2, 0) is 6.54 Å². The summed E-state index contributed by atoms with van der Waals surface area (Å²) < 4.78 is 0. The maximum Gasteiger partial charge on any atom is 0.0543 e. The molecule has 0 aliphatic heterocycles. The molecule has 1 aliphatic carbocycles. The van der Waals surface area contributed by atoms with Crippen molar-refractivity contribution >= 4 is 12.6 Å². The molecule has 3 heteroatoms. The molecule has 2 rings (SSSR count). The van der Waals surface area contributed by atoms with Gasteiger partial charge in [-0.1, -0.05) is 32.3 Å². The van der Waals surface area contributed by atoms with Gasteiger partial charge >= 0.3 is 0 Å². The van der Waals surface area contributed by atoms with Gasteiger partial charge in [-0.2, -0.15) is 12.6 Å². The normalized spacial score (nSPS) is 18.7. The maximum absolute atomic E-state index is 4.65. The summed E-state index contributed by atoms with van der Waals surface area (Å²) in [6, 6.07) is 6.18. The topological polar surface area (TPSA) is 16.1 Å². The van der Waals surface area contributed by atoms with Gasteiger partial charge in [0.15, 0.2) is 0 Å². The van der Waals surface area contributed by atoms with Crippen LogP contribution in [0, 0.1) is 5.41 Å². The summed E-state index contributed by atoms with van der Waals surface area (Å²) in [7, 11) is 0. The van der Waals surface area contributed by atoms with E-state index in [-0.39, 0.29) is 0 Å². The van der Waals surface area contributed by atoms with Crippen molar-refractivity contribution in [1.29, 1.82) is 0 Å². The Labute approximate surface area is 123 Å². The molecule has 19 heavy (non-hydrogen) atoms. The molecule has 106 valence electrons. The van der Waals surface area contributed by atoms with Crippen LogP contribution in [0.1, 0.15) is 44.7 Å². The summed E-state index contributed by atoms with van der Waals surface area (Å²) in [5, 5.41) is 0. The van der Waals surface area contributed by atoms with E-state index < -0.39 is 0 Å². The molecule has 0 unspecified atom stereocenters. The van der Waals surface area contributed by atoms with Crippen LogP contribution in [0.2, 0.25) is 0 Å². The Kier molecular flexibility index (Phi) is 5.71. The molecule has 0 aromatic carbocycles. The van der Waals surface area contributed by atoms with Crippen molar-refractivity contribution in [3.05, 3.63) is 30.1 Å². The zero-order valence-corrected chi connectivity index (χ0v) is 12.9. The molecule has 1 aliphatic rings. The predicted octanol–water partition coefficient (Wildman–Crippen LogP) is 3.78. The first-order valence-corrected chi connectivity index (χ1v) is 8.14. The first-order chi connectivity index (χ1) is 9.28. The van der Waals surface area contributed by atoms with Crippen molar-refractivity contribution in [2.75, 3.05) is 18.8 Å². The van der Waals surface area contributed by atoms with Gasteiger partial charge in [-0.05, 0) is 42.7 Å². The van der Waals surface area contributed by atoms with Gasteiger partial charge in [-0.15, -0.1) is 0 Å². The SMILES string of the molecule is CCN(Cc1ccccn1)CC1(CS)CCCCC1. The van der Waals surface area contributed by atoms with Crippen LogP contribution in [0.4, 0.5) is 0 Å². The quantitative estimate of drug-likeness (QED) is 0.797. The average molecular weight is 278 g/mol. The first kappa shape index (κ1) is 14.9. The minimum Gasteiger partial charge on any atom is -0.297 e. The molecule has 0 bridgehead atoms. The largest absolute Gasteiger partial charge is 0.297 e. The van der Waals surface area contributed by atoms with E-state index in [2.05, 4.69) is 41.6 Å². The molecular formula is C16H26N2S. The fourth-order valence-corrected chi connectivity index (χ4v) is 3.56. The highest BCUT2D eigenvalue weighted by Gasteiger charge is 2.32. The van der Waals surface area contributed by atoms with Crippen molar-refractivity contribution in [1.82, 2.24) is 9.88 Å². The zero-order chi connectivity index (χ0) is 13.6. The number of rotatable bonds is 6. The van der Waals surface area contributed by atoms with Crippen LogP contribution in [-0.4, -0.2) is 28.7 Å². The fraction of sp³-hybridized carbons (Fsp3) is 0.688. The summed E-state index contributed by atoms with van der Waals surface area (Å²) >= 11 is 4.65. The number of pyridine rings is 1. The Morgan fingerprint density at radius 3 is 2.63 bits per heavy atom. The lowest BCUT2D eigenvalue weighted by atomic mass is 9.75. The summed E-state index contributed by atoms with van der Waals surface area (Å²) in [5.74, 6) is 1.02. The molecule has 0 N–H and O–H groups in total. The van der Waals surface area contributed by atoms with E-state index in [4.69, 9.17) is 0 Å². The van der Waals surface area contributed by atoms with Gasteiger partial charge < -0.3 is 0 Å². The van der Waals surface area contributed by atoms with Gasteiger partial charge in [-0.3, -0.25) is 9.88 Å². The van der Waals surface area contributed by atoms with E-state index in [1.54, 1.807) is 0 Å². The molecule has 1 heterocycles. The van der Waals surface area contributed by atoms with Gasteiger partial charge in [0, 0.05) is 19.3 Å². The molecule has 1 aromatic rings. The van der Waals surface area contributed by atoms with Crippen molar-refractivity contribution in [2.45, 2.75) is 45.6 Å². The van der Waals surface area contributed by atoms with Gasteiger partial charge in [0.05, 0.1) is 5.69 Å². The number of hydrogen-bond acceptors (Lipinski definition) is 3. The zero-order valence-electron chi connectivity index (χ0n) is 12.0. The monoisotopic (exact) mass is 278 g/mol. The number of aromatic nitrogens is 1. The summed E-state index contributed by atoms with van der Waals surface area (Å²) in [4.78, 5) is 6.98. The third kappa shape index (κ3) is 4.22. The molecular weight excluding hydrogens is 252 g/mol. The second-order valence-electron chi connectivity index (χ2n) is 5.84. The maximum atomic E-state index is 4.65. The number of nitrogens with zero attached hydrogens (tertiary/aromatic N) is 2. The average Bonchev–Trinajstić information content (AvgIpc) is 2.48. The second kappa shape index (κ2) is 7.30. The minimum absolute atomic E-state index is 0.437. The van der Waals surface area contributed by atoms with Gasteiger partial charge in [-0.25, -0.2) is 0 Å². The van der Waals surface area contributed by atoms with Crippen LogP contribution in [0.3, 0.4) is 0 Å². The third-order valence-corrected chi connectivity index (χ3v) is 5.04. The van der Waals surface area contributed by atoms with E-state index in [0.29, 0.717) is 5.41 Å². The lowest BCUT2D eigenvalue weighted by molar-refractivity contribution is 0.124.